The molecule has 1 amide bonds. The number of carbonyl (C=O) groups excluding carboxylic acids is 1. The highest BCUT2D eigenvalue weighted by molar-refractivity contribution is 7.15. The van der Waals surface area contributed by atoms with Gasteiger partial charge in [-0.2, -0.15) is 0 Å². The van der Waals surface area contributed by atoms with E-state index in [1.54, 1.807) is 11.3 Å². The van der Waals surface area contributed by atoms with Crippen molar-refractivity contribution in [3.8, 4) is 0 Å². The zero-order valence-electron chi connectivity index (χ0n) is 10.2. The molecule has 1 aliphatic carbocycles. The second-order valence-corrected chi connectivity index (χ2v) is 6.63. The van der Waals surface area contributed by atoms with Crippen LogP contribution in [0.5, 0.6) is 0 Å². The van der Waals surface area contributed by atoms with Gasteiger partial charge in [-0.05, 0) is 11.8 Å². The van der Waals surface area contributed by atoms with Crippen molar-refractivity contribution in [2.75, 3.05) is 11.9 Å². The largest absolute Gasteiger partial charge is 0.311 e. The summed E-state index contributed by atoms with van der Waals surface area (Å²) >= 11 is 1.60. The molecule has 2 heterocycles. The van der Waals surface area contributed by atoms with Crippen molar-refractivity contribution in [2.24, 2.45) is 11.3 Å². The molecule has 1 aliphatic heterocycles. The minimum Gasteiger partial charge on any atom is -0.311 e. The average Bonchev–Trinajstić information content (AvgIpc) is 2.73. The lowest BCUT2D eigenvalue weighted by Crippen LogP contribution is -2.22. The standard InChI is InChI=1S/C12H17N3OS/c1-12(2)5-7(12)10(16)15-11-14-8-3-4-13-6-9(8)17-11/h7,13H,3-6H2,1-2H3,(H,14,15,16). The van der Waals surface area contributed by atoms with Crippen LogP contribution in [0.2, 0.25) is 0 Å². The number of fused-ring (bicyclic) bond motifs is 1. The van der Waals surface area contributed by atoms with E-state index in [1.807, 2.05) is 0 Å². The Hall–Kier alpha value is -0.940. The van der Waals surface area contributed by atoms with Crippen LogP contribution in [-0.2, 0) is 17.8 Å². The fraction of sp³-hybridized carbons (Fsp3) is 0.667. The molecule has 0 spiro atoms. The third kappa shape index (κ3) is 2.09. The number of thiazole rings is 1. The van der Waals surface area contributed by atoms with E-state index in [4.69, 9.17) is 0 Å². The average molecular weight is 251 g/mol. The molecule has 92 valence electrons. The fourth-order valence-corrected chi connectivity index (χ4v) is 3.27. The topological polar surface area (TPSA) is 54.0 Å². The van der Waals surface area contributed by atoms with Gasteiger partial charge in [-0.1, -0.05) is 13.8 Å². The maximum absolute atomic E-state index is 11.9. The van der Waals surface area contributed by atoms with Crippen LogP contribution in [0.3, 0.4) is 0 Å². The van der Waals surface area contributed by atoms with Gasteiger partial charge in [-0.15, -0.1) is 11.3 Å². The van der Waals surface area contributed by atoms with Crippen molar-refractivity contribution in [3.63, 3.8) is 0 Å². The summed E-state index contributed by atoms with van der Waals surface area (Å²) < 4.78 is 0. The Morgan fingerprint density at radius 3 is 3.00 bits per heavy atom. The number of aromatic nitrogens is 1. The minimum absolute atomic E-state index is 0.133. The number of rotatable bonds is 2. The summed E-state index contributed by atoms with van der Waals surface area (Å²) in [5.74, 6) is 0.301. The number of anilines is 1. The van der Waals surface area contributed by atoms with Crippen LogP contribution in [0, 0.1) is 11.3 Å². The van der Waals surface area contributed by atoms with Gasteiger partial charge in [0.1, 0.15) is 0 Å². The second kappa shape index (κ2) is 3.78. The first kappa shape index (κ1) is 11.2. The van der Waals surface area contributed by atoms with Gasteiger partial charge < -0.3 is 10.6 Å². The molecule has 1 unspecified atom stereocenters. The Labute approximate surface area is 105 Å². The fourth-order valence-electron chi connectivity index (χ4n) is 2.29. The third-order valence-electron chi connectivity index (χ3n) is 3.66. The number of nitrogens with one attached hydrogen (secondary N) is 2. The van der Waals surface area contributed by atoms with Gasteiger partial charge in [0.05, 0.1) is 5.69 Å². The predicted octanol–water partition coefficient (Wildman–Crippen LogP) is 1.77. The van der Waals surface area contributed by atoms with Crippen molar-refractivity contribution >= 4 is 22.4 Å². The van der Waals surface area contributed by atoms with Crippen LogP contribution in [0.4, 0.5) is 5.13 Å². The van der Waals surface area contributed by atoms with E-state index in [2.05, 4.69) is 29.5 Å². The maximum atomic E-state index is 11.9. The molecule has 2 N–H and O–H groups in total. The van der Waals surface area contributed by atoms with Gasteiger partial charge in [0, 0.05) is 30.3 Å². The summed E-state index contributed by atoms with van der Waals surface area (Å²) in [6, 6.07) is 0. The lowest BCUT2D eigenvalue weighted by Gasteiger charge is -2.09. The Morgan fingerprint density at radius 1 is 1.59 bits per heavy atom. The van der Waals surface area contributed by atoms with Gasteiger partial charge in [0.25, 0.3) is 0 Å². The zero-order chi connectivity index (χ0) is 12.0. The molecular formula is C12H17N3OS. The monoisotopic (exact) mass is 251 g/mol. The number of nitrogens with zero attached hydrogens (tertiary/aromatic N) is 1. The molecule has 17 heavy (non-hydrogen) atoms. The van der Waals surface area contributed by atoms with Gasteiger partial charge in [0.15, 0.2) is 5.13 Å². The molecule has 0 saturated heterocycles. The summed E-state index contributed by atoms with van der Waals surface area (Å²) in [6.07, 6.45) is 1.96. The molecule has 1 aromatic rings. The smallest absolute Gasteiger partial charge is 0.229 e. The van der Waals surface area contributed by atoms with E-state index in [9.17, 15) is 4.79 Å². The molecule has 2 aliphatic rings. The first-order valence-corrected chi connectivity index (χ1v) is 6.88. The second-order valence-electron chi connectivity index (χ2n) is 5.55. The van der Waals surface area contributed by atoms with Gasteiger partial charge >= 0.3 is 0 Å². The Kier molecular flexibility index (Phi) is 2.48. The first-order valence-electron chi connectivity index (χ1n) is 6.06. The minimum atomic E-state index is 0.133. The molecule has 1 atom stereocenters. The van der Waals surface area contributed by atoms with Crippen molar-refractivity contribution in [1.82, 2.24) is 10.3 Å². The van der Waals surface area contributed by atoms with Crippen LogP contribution in [0.15, 0.2) is 0 Å². The Morgan fingerprint density at radius 2 is 2.35 bits per heavy atom. The van der Waals surface area contributed by atoms with Gasteiger partial charge in [0.2, 0.25) is 5.91 Å². The van der Waals surface area contributed by atoms with Crippen LogP contribution in [0.25, 0.3) is 0 Å². The summed E-state index contributed by atoms with van der Waals surface area (Å²) in [5, 5.41) is 7.04. The predicted molar refractivity (Wildman–Crippen MR) is 68.0 cm³/mol. The van der Waals surface area contributed by atoms with Crippen molar-refractivity contribution in [1.29, 1.82) is 0 Å². The highest BCUT2D eigenvalue weighted by Crippen LogP contribution is 2.52. The van der Waals surface area contributed by atoms with E-state index in [0.717, 1.165) is 36.8 Å². The summed E-state index contributed by atoms with van der Waals surface area (Å²) in [7, 11) is 0. The molecule has 0 bridgehead atoms. The van der Waals surface area contributed by atoms with E-state index < -0.39 is 0 Å². The Balaban J connectivity index is 1.69. The van der Waals surface area contributed by atoms with Crippen LogP contribution in [0.1, 0.15) is 30.8 Å². The SMILES string of the molecule is CC1(C)CC1C(=O)Nc1nc2c(s1)CNCC2. The molecule has 4 nitrogen and oxygen atoms in total. The Bertz CT molecular complexity index is 443. The highest BCUT2D eigenvalue weighted by Gasteiger charge is 2.50. The molecule has 1 saturated carbocycles. The number of amides is 1. The van der Waals surface area contributed by atoms with E-state index in [1.165, 1.54) is 4.88 Å². The van der Waals surface area contributed by atoms with Crippen LogP contribution < -0.4 is 10.6 Å². The van der Waals surface area contributed by atoms with E-state index >= 15 is 0 Å². The molecule has 1 fully saturated rings. The van der Waals surface area contributed by atoms with E-state index in [-0.39, 0.29) is 17.2 Å². The lowest BCUT2D eigenvalue weighted by atomic mass is 10.1. The molecular weight excluding hydrogens is 234 g/mol. The highest BCUT2D eigenvalue weighted by atomic mass is 32.1. The maximum Gasteiger partial charge on any atom is 0.229 e. The third-order valence-corrected chi connectivity index (χ3v) is 4.68. The molecule has 3 rings (SSSR count). The van der Waals surface area contributed by atoms with Crippen molar-refractivity contribution in [2.45, 2.75) is 33.2 Å². The lowest BCUT2D eigenvalue weighted by molar-refractivity contribution is -0.117. The quantitative estimate of drug-likeness (QED) is 0.842. The number of carbonyl (C=O) groups is 1. The number of hydrogen-bond acceptors (Lipinski definition) is 4. The zero-order valence-corrected chi connectivity index (χ0v) is 11.0. The normalized spacial score (nSPS) is 25.2. The molecule has 5 heteroatoms. The van der Waals surface area contributed by atoms with Crippen molar-refractivity contribution < 1.29 is 4.79 Å². The van der Waals surface area contributed by atoms with Crippen LogP contribution in [-0.4, -0.2) is 17.4 Å². The molecule has 0 radical (unpaired) electrons. The van der Waals surface area contributed by atoms with Crippen LogP contribution >= 0.6 is 11.3 Å². The number of hydrogen-bond donors (Lipinski definition) is 2. The summed E-state index contributed by atoms with van der Waals surface area (Å²) in [5.41, 5.74) is 1.34. The first-order chi connectivity index (χ1) is 8.06. The van der Waals surface area contributed by atoms with Crippen molar-refractivity contribution in [3.05, 3.63) is 10.6 Å². The van der Waals surface area contributed by atoms with E-state index in [0.29, 0.717) is 0 Å². The molecule has 1 aromatic heterocycles. The summed E-state index contributed by atoms with van der Waals surface area (Å²) in [6.45, 7) is 6.14. The van der Waals surface area contributed by atoms with Gasteiger partial charge in [-0.3, -0.25) is 4.79 Å². The summed E-state index contributed by atoms with van der Waals surface area (Å²) in [4.78, 5) is 17.7. The van der Waals surface area contributed by atoms with Gasteiger partial charge in [-0.25, -0.2) is 4.98 Å². The molecule has 0 aromatic carbocycles.